The molecule has 0 radical (unpaired) electrons. The van der Waals surface area contributed by atoms with E-state index in [0.717, 1.165) is 46.7 Å². The van der Waals surface area contributed by atoms with Gasteiger partial charge >= 0.3 is 0 Å². The fourth-order valence-electron chi connectivity index (χ4n) is 4.87. The first-order valence-corrected chi connectivity index (χ1v) is 13.5. The lowest BCUT2D eigenvalue weighted by molar-refractivity contribution is -0.384. The molecule has 0 amide bonds. The van der Waals surface area contributed by atoms with E-state index >= 15 is 0 Å². The average molecular weight is 511 g/mol. The van der Waals surface area contributed by atoms with Crippen molar-refractivity contribution in [3.8, 4) is 11.3 Å². The molecule has 0 bridgehead atoms. The van der Waals surface area contributed by atoms with Crippen molar-refractivity contribution in [2.45, 2.75) is 52.9 Å². The summed E-state index contributed by atoms with van der Waals surface area (Å²) in [4.78, 5) is 16.8. The highest BCUT2D eigenvalue weighted by Crippen LogP contribution is 2.29. The fourth-order valence-corrected chi connectivity index (χ4v) is 5.72. The number of fused-ring (bicyclic) bond motifs is 1. The Bertz CT molecular complexity index is 1580. The molecular formula is C30H30N4O2S. The van der Waals surface area contributed by atoms with Crippen LogP contribution in [0.25, 0.3) is 11.3 Å². The van der Waals surface area contributed by atoms with E-state index in [9.17, 15) is 10.1 Å². The average Bonchev–Trinajstić information content (AvgIpc) is 3.26. The molecule has 6 nitrogen and oxygen atoms in total. The van der Waals surface area contributed by atoms with Gasteiger partial charge in [-0.15, -0.1) is 11.3 Å². The third-order valence-corrected chi connectivity index (χ3v) is 7.63. The molecule has 0 saturated heterocycles. The van der Waals surface area contributed by atoms with E-state index in [4.69, 9.17) is 10.1 Å². The lowest BCUT2D eigenvalue weighted by Crippen LogP contribution is -2.19. The molecule has 7 heteroatoms. The van der Waals surface area contributed by atoms with Gasteiger partial charge < -0.3 is 0 Å². The van der Waals surface area contributed by atoms with Crippen LogP contribution >= 0.6 is 11.3 Å². The molecule has 0 aliphatic heterocycles. The van der Waals surface area contributed by atoms with Crippen LogP contribution in [0.3, 0.4) is 0 Å². The predicted molar refractivity (Wildman–Crippen MR) is 151 cm³/mol. The van der Waals surface area contributed by atoms with Crippen molar-refractivity contribution in [1.29, 1.82) is 0 Å². The molecule has 0 spiro atoms. The number of thiazole rings is 1. The Labute approximate surface area is 220 Å². The molecule has 37 heavy (non-hydrogen) atoms. The summed E-state index contributed by atoms with van der Waals surface area (Å²) in [6.07, 6.45) is 2.96. The summed E-state index contributed by atoms with van der Waals surface area (Å²) in [5.74, 6) is 0.450. The summed E-state index contributed by atoms with van der Waals surface area (Å²) in [5.41, 5.74) is 9.78. The SMILES string of the molecule is Cc1cc(C)c2c(c1)C(=Nn1c(-c3cccc([N+](=O)[O-])c3)csc1=Nc1ccc(C(C)C)cc1)CCC2. The topological polar surface area (TPSA) is 72.8 Å². The maximum atomic E-state index is 11.5. The van der Waals surface area contributed by atoms with Gasteiger partial charge in [0.15, 0.2) is 0 Å². The van der Waals surface area contributed by atoms with Gasteiger partial charge in [0.05, 0.1) is 22.0 Å². The molecule has 1 aromatic heterocycles. The van der Waals surface area contributed by atoms with Gasteiger partial charge in [0.1, 0.15) is 0 Å². The number of non-ortho nitro benzene ring substituents is 1. The number of benzene rings is 3. The molecule has 1 aliphatic rings. The minimum Gasteiger partial charge on any atom is -0.258 e. The molecule has 0 fully saturated rings. The molecule has 0 unspecified atom stereocenters. The van der Waals surface area contributed by atoms with Gasteiger partial charge in [-0.05, 0) is 73.9 Å². The summed E-state index contributed by atoms with van der Waals surface area (Å²) in [6.45, 7) is 8.63. The van der Waals surface area contributed by atoms with Gasteiger partial charge in [-0.25, -0.2) is 9.67 Å². The molecule has 4 aromatic rings. The second kappa shape index (κ2) is 10.3. The number of aryl methyl sites for hydroxylation is 2. The lowest BCUT2D eigenvalue weighted by atomic mass is 9.86. The summed E-state index contributed by atoms with van der Waals surface area (Å²) in [5, 5.41) is 18.6. The summed E-state index contributed by atoms with van der Waals surface area (Å²) < 4.78 is 1.86. The van der Waals surface area contributed by atoms with Gasteiger partial charge in [0.2, 0.25) is 4.80 Å². The molecule has 3 aromatic carbocycles. The van der Waals surface area contributed by atoms with Gasteiger partial charge in [0.25, 0.3) is 5.69 Å². The van der Waals surface area contributed by atoms with E-state index in [0.29, 0.717) is 5.92 Å². The van der Waals surface area contributed by atoms with Crippen LogP contribution in [0.4, 0.5) is 11.4 Å². The number of nitro groups is 1. The number of hydrogen-bond acceptors (Lipinski definition) is 5. The minimum atomic E-state index is -0.364. The first-order chi connectivity index (χ1) is 17.8. The van der Waals surface area contributed by atoms with E-state index < -0.39 is 0 Å². The van der Waals surface area contributed by atoms with Crippen LogP contribution in [-0.4, -0.2) is 15.3 Å². The third kappa shape index (κ3) is 5.18. The molecule has 1 heterocycles. The van der Waals surface area contributed by atoms with Crippen LogP contribution in [0.2, 0.25) is 0 Å². The van der Waals surface area contributed by atoms with Crippen molar-refractivity contribution in [3.63, 3.8) is 0 Å². The number of hydrogen-bond donors (Lipinski definition) is 0. The number of nitro benzene ring substituents is 1. The van der Waals surface area contributed by atoms with Gasteiger partial charge in [-0.1, -0.05) is 49.7 Å². The Morgan fingerprint density at radius 2 is 1.81 bits per heavy atom. The Morgan fingerprint density at radius 1 is 1.03 bits per heavy atom. The fraction of sp³-hybridized carbons (Fsp3) is 0.267. The highest BCUT2D eigenvalue weighted by atomic mass is 32.1. The maximum Gasteiger partial charge on any atom is 0.270 e. The van der Waals surface area contributed by atoms with E-state index in [1.165, 1.54) is 45.2 Å². The van der Waals surface area contributed by atoms with E-state index in [2.05, 4.69) is 52.0 Å². The molecule has 188 valence electrons. The lowest BCUT2D eigenvalue weighted by Gasteiger charge is -2.21. The van der Waals surface area contributed by atoms with Crippen molar-refractivity contribution in [1.82, 2.24) is 4.68 Å². The van der Waals surface area contributed by atoms with Crippen LogP contribution < -0.4 is 4.80 Å². The quantitative estimate of drug-likeness (QED) is 0.204. The van der Waals surface area contributed by atoms with E-state index in [-0.39, 0.29) is 10.6 Å². The van der Waals surface area contributed by atoms with E-state index in [1.54, 1.807) is 12.1 Å². The first-order valence-electron chi connectivity index (χ1n) is 12.6. The Hall–Kier alpha value is -3.84. The Morgan fingerprint density at radius 3 is 2.54 bits per heavy atom. The smallest absolute Gasteiger partial charge is 0.258 e. The van der Waals surface area contributed by atoms with Gasteiger partial charge in [-0.3, -0.25) is 10.1 Å². The highest BCUT2D eigenvalue weighted by Gasteiger charge is 2.20. The van der Waals surface area contributed by atoms with Crippen LogP contribution in [0.15, 0.2) is 76.1 Å². The first kappa shape index (κ1) is 24.8. The molecular weight excluding hydrogens is 480 g/mol. The minimum absolute atomic E-state index is 0.0555. The number of rotatable bonds is 5. The molecule has 0 saturated carbocycles. The van der Waals surface area contributed by atoms with Crippen molar-refractivity contribution >= 4 is 28.4 Å². The molecule has 1 aliphatic carbocycles. The normalized spacial score (nSPS) is 14.8. The van der Waals surface area contributed by atoms with E-state index in [1.807, 2.05) is 28.3 Å². The van der Waals surface area contributed by atoms with Crippen molar-refractivity contribution in [2.75, 3.05) is 0 Å². The van der Waals surface area contributed by atoms with Crippen LogP contribution in [0.5, 0.6) is 0 Å². The summed E-state index contributed by atoms with van der Waals surface area (Å²) in [7, 11) is 0. The Balaban J connectivity index is 1.70. The molecule has 0 N–H and O–H groups in total. The molecule has 5 rings (SSSR count). The van der Waals surface area contributed by atoms with Crippen molar-refractivity contribution in [3.05, 3.63) is 109 Å². The predicted octanol–water partition coefficient (Wildman–Crippen LogP) is 7.69. The number of nitrogens with zero attached hydrogens (tertiary/aromatic N) is 4. The molecule has 0 atom stereocenters. The summed E-state index contributed by atoms with van der Waals surface area (Å²) in [6, 6.07) is 19.4. The van der Waals surface area contributed by atoms with Crippen LogP contribution in [0, 0.1) is 24.0 Å². The highest BCUT2D eigenvalue weighted by molar-refractivity contribution is 7.07. The zero-order chi connectivity index (χ0) is 26.1. The van der Waals surface area contributed by atoms with Crippen LogP contribution in [0.1, 0.15) is 60.4 Å². The monoisotopic (exact) mass is 510 g/mol. The largest absolute Gasteiger partial charge is 0.270 e. The van der Waals surface area contributed by atoms with Crippen molar-refractivity contribution < 1.29 is 4.92 Å². The van der Waals surface area contributed by atoms with Gasteiger partial charge in [-0.2, -0.15) is 5.10 Å². The van der Waals surface area contributed by atoms with Crippen molar-refractivity contribution in [2.24, 2.45) is 10.1 Å². The standard InChI is InChI=1S/C30H30N4O2S/c1-19(2)22-11-13-24(14-12-22)31-30-33(29(18-37-30)23-7-5-8-25(17-23)34(35)36)32-28-10-6-9-26-21(4)15-20(3)16-27(26)28/h5,7-8,11-19H,6,9-10H2,1-4H3. The Kier molecular flexibility index (Phi) is 6.89. The zero-order valence-electron chi connectivity index (χ0n) is 21.6. The second-order valence-corrected chi connectivity index (χ2v) is 10.7. The zero-order valence-corrected chi connectivity index (χ0v) is 22.4. The number of aromatic nitrogens is 1. The third-order valence-electron chi connectivity index (χ3n) is 6.81. The maximum absolute atomic E-state index is 11.5. The summed E-state index contributed by atoms with van der Waals surface area (Å²) >= 11 is 1.49. The van der Waals surface area contributed by atoms with Gasteiger partial charge in [0, 0.05) is 28.6 Å². The van der Waals surface area contributed by atoms with Crippen LogP contribution in [-0.2, 0) is 6.42 Å². The second-order valence-electron chi connectivity index (χ2n) is 9.89.